The van der Waals surface area contributed by atoms with Gasteiger partial charge in [0.15, 0.2) is 0 Å². The Hall–Kier alpha value is -0.780. The maximum atomic E-state index is 2.16. The summed E-state index contributed by atoms with van der Waals surface area (Å²) >= 11 is 0. The summed E-state index contributed by atoms with van der Waals surface area (Å²) in [5.41, 5.74) is 1.41. The Kier molecular flexibility index (Phi) is 6.81. The summed E-state index contributed by atoms with van der Waals surface area (Å²) in [6.07, 6.45) is 2.39. The molecule has 0 radical (unpaired) electrons. The van der Waals surface area contributed by atoms with E-state index in [0.717, 1.165) is 6.42 Å². The predicted molar refractivity (Wildman–Crippen MR) is 53.9 cm³/mol. The highest BCUT2D eigenvalue weighted by Crippen LogP contribution is 1.96. The minimum Gasteiger partial charge on any atom is -0.0656 e. The molecule has 64 valence electrons. The Morgan fingerprint density at radius 2 is 1.45 bits per heavy atom. The van der Waals surface area contributed by atoms with Crippen LogP contribution in [0.25, 0.3) is 0 Å². The Morgan fingerprint density at radius 3 is 1.73 bits per heavy atom. The summed E-state index contributed by atoms with van der Waals surface area (Å²) in [6, 6.07) is 10.5. The minimum atomic E-state index is 0. The van der Waals surface area contributed by atoms with Crippen molar-refractivity contribution in [2.45, 2.75) is 33.6 Å². The second-order valence-corrected chi connectivity index (χ2v) is 2.55. The quantitative estimate of drug-likeness (QED) is 0.572. The fourth-order valence-electron chi connectivity index (χ4n) is 0.714. The molecule has 1 rings (SSSR count). The maximum absolute atomic E-state index is 2.16. The second-order valence-electron chi connectivity index (χ2n) is 2.55. The Morgan fingerprint density at radius 1 is 1.00 bits per heavy atom. The van der Waals surface area contributed by atoms with Crippen molar-refractivity contribution >= 4 is 0 Å². The van der Waals surface area contributed by atoms with E-state index >= 15 is 0 Å². The summed E-state index contributed by atoms with van der Waals surface area (Å²) in [7, 11) is 0. The van der Waals surface area contributed by atoms with E-state index in [1.54, 1.807) is 0 Å². The molecule has 0 aliphatic carbocycles. The molecule has 0 aliphatic heterocycles. The second kappa shape index (κ2) is 7.33. The smallest absolute Gasteiger partial charge is 0 e. The summed E-state index contributed by atoms with van der Waals surface area (Å²) < 4.78 is 0. The van der Waals surface area contributed by atoms with Gasteiger partial charge in [-0.1, -0.05) is 57.5 Å². The molecule has 0 bridgehead atoms. The molecular formula is C11H20. The highest BCUT2D eigenvalue weighted by atomic mass is 13.9. The molecule has 0 aliphatic rings. The molecule has 0 nitrogen and oxygen atoms in total. The SMILES string of the molecule is CCC.CCc1ccccc1.[HH]. The van der Waals surface area contributed by atoms with E-state index in [-0.39, 0.29) is 1.43 Å². The van der Waals surface area contributed by atoms with Crippen LogP contribution in [0.5, 0.6) is 0 Å². The molecule has 0 N–H and O–H groups in total. The van der Waals surface area contributed by atoms with Gasteiger partial charge in [-0.15, -0.1) is 0 Å². The molecular weight excluding hydrogens is 132 g/mol. The molecule has 0 heterocycles. The van der Waals surface area contributed by atoms with E-state index in [2.05, 4.69) is 45.0 Å². The monoisotopic (exact) mass is 152 g/mol. The molecule has 0 amide bonds. The third-order valence-electron chi connectivity index (χ3n) is 1.25. The standard InChI is InChI=1S/C8H10.C3H8.H2/c1-2-8-6-4-3-5-7-8;1-3-2;/h3-7H,2H2,1H3;3H2,1-2H3;1H. The van der Waals surface area contributed by atoms with Crippen molar-refractivity contribution in [2.24, 2.45) is 0 Å². The molecule has 0 heteroatoms. The van der Waals surface area contributed by atoms with E-state index in [1.807, 2.05) is 6.07 Å². The topological polar surface area (TPSA) is 0 Å². The zero-order chi connectivity index (χ0) is 8.53. The van der Waals surface area contributed by atoms with Crippen LogP contribution in [0.3, 0.4) is 0 Å². The van der Waals surface area contributed by atoms with Crippen LogP contribution in [-0.2, 0) is 6.42 Å². The van der Waals surface area contributed by atoms with Crippen molar-refractivity contribution in [3.8, 4) is 0 Å². The highest BCUT2D eigenvalue weighted by molar-refractivity contribution is 5.13. The lowest BCUT2D eigenvalue weighted by Gasteiger charge is -1.89. The number of aryl methyl sites for hydroxylation is 1. The average molecular weight is 152 g/mol. The summed E-state index contributed by atoms with van der Waals surface area (Å²) in [5.74, 6) is 0. The van der Waals surface area contributed by atoms with Crippen LogP contribution in [0.15, 0.2) is 30.3 Å². The molecule has 0 spiro atoms. The Bertz CT molecular complexity index is 158. The zero-order valence-electron chi connectivity index (χ0n) is 7.80. The predicted octanol–water partition coefficient (Wildman–Crippen LogP) is 3.91. The van der Waals surface area contributed by atoms with Gasteiger partial charge in [0, 0.05) is 1.43 Å². The summed E-state index contributed by atoms with van der Waals surface area (Å²) in [5, 5.41) is 0. The molecule has 0 unspecified atom stereocenters. The fourth-order valence-corrected chi connectivity index (χ4v) is 0.714. The average Bonchev–Trinajstić information content (AvgIpc) is 2.08. The van der Waals surface area contributed by atoms with Gasteiger partial charge in [-0.25, -0.2) is 0 Å². The van der Waals surface area contributed by atoms with Gasteiger partial charge in [0.1, 0.15) is 0 Å². The van der Waals surface area contributed by atoms with Gasteiger partial charge in [-0.05, 0) is 12.0 Å². The van der Waals surface area contributed by atoms with Crippen LogP contribution in [-0.4, -0.2) is 0 Å². The third kappa shape index (κ3) is 5.65. The fraction of sp³-hybridized carbons (Fsp3) is 0.455. The molecule has 0 fully saturated rings. The molecule has 0 atom stereocenters. The van der Waals surface area contributed by atoms with Crippen molar-refractivity contribution in [1.29, 1.82) is 0 Å². The molecule has 1 aromatic rings. The van der Waals surface area contributed by atoms with E-state index in [1.165, 1.54) is 12.0 Å². The van der Waals surface area contributed by atoms with Crippen molar-refractivity contribution in [3.05, 3.63) is 35.9 Å². The van der Waals surface area contributed by atoms with Crippen LogP contribution < -0.4 is 0 Å². The van der Waals surface area contributed by atoms with Gasteiger partial charge in [0.25, 0.3) is 0 Å². The van der Waals surface area contributed by atoms with Gasteiger partial charge < -0.3 is 0 Å². The number of hydrogen-bond acceptors (Lipinski definition) is 0. The third-order valence-corrected chi connectivity index (χ3v) is 1.25. The number of hydrogen-bond donors (Lipinski definition) is 0. The van der Waals surface area contributed by atoms with Crippen LogP contribution in [0, 0.1) is 0 Å². The molecule has 11 heavy (non-hydrogen) atoms. The zero-order valence-corrected chi connectivity index (χ0v) is 7.80. The van der Waals surface area contributed by atoms with Gasteiger partial charge in [0.05, 0.1) is 0 Å². The van der Waals surface area contributed by atoms with Gasteiger partial charge in [-0.3, -0.25) is 0 Å². The lowest BCUT2D eigenvalue weighted by molar-refractivity contribution is 1.09. The Balaban J connectivity index is 0. The molecule has 1 aromatic carbocycles. The van der Waals surface area contributed by atoms with E-state index in [9.17, 15) is 0 Å². The molecule has 0 saturated heterocycles. The van der Waals surface area contributed by atoms with Crippen LogP contribution in [0.2, 0.25) is 0 Å². The first kappa shape index (κ1) is 10.2. The first-order valence-corrected chi connectivity index (χ1v) is 4.39. The van der Waals surface area contributed by atoms with Crippen LogP contribution in [0.4, 0.5) is 0 Å². The van der Waals surface area contributed by atoms with Crippen LogP contribution >= 0.6 is 0 Å². The van der Waals surface area contributed by atoms with Crippen molar-refractivity contribution < 1.29 is 1.43 Å². The van der Waals surface area contributed by atoms with E-state index < -0.39 is 0 Å². The van der Waals surface area contributed by atoms with E-state index in [4.69, 9.17) is 0 Å². The lowest BCUT2D eigenvalue weighted by Crippen LogP contribution is -1.73. The van der Waals surface area contributed by atoms with Gasteiger partial charge >= 0.3 is 0 Å². The molecule has 0 saturated carbocycles. The highest BCUT2D eigenvalue weighted by Gasteiger charge is 1.79. The van der Waals surface area contributed by atoms with Gasteiger partial charge in [0.2, 0.25) is 0 Å². The van der Waals surface area contributed by atoms with Crippen LogP contribution in [0.1, 0.15) is 34.2 Å². The number of benzene rings is 1. The van der Waals surface area contributed by atoms with Gasteiger partial charge in [-0.2, -0.15) is 0 Å². The van der Waals surface area contributed by atoms with Crippen molar-refractivity contribution in [3.63, 3.8) is 0 Å². The lowest BCUT2D eigenvalue weighted by atomic mass is 10.2. The van der Waals surface area contributed by atoms with E-state index in [0.29, 0.717) is 0 Å². The first-order valence-electron chi connectivity index (χ1n) is 4.39. The number of rotatable bonds is 1. The summed E-state index contributed by atoms with van der Waals surface area (Å²) in [6.45, 7) is 6.41. The summed E-state index contributed by atoms with van der Waals surface area (Å²) in [4.78, 5) is 0. The largest absolute Gasteiger partial charge is 0.0656 e. The normalized spacial score (nSPS) is 8.27. The first-order chi connectivity index (χ1) is 5.35. The molecule has 0 aromatic heterocycles. The maximum Gasteiger partial charge on any atom is 0 e. The van der Waals surface area contributed by atoms with Crippen molar-refractivity contribution in [2.75, 3.05) is 0 Å². The van der Waals surface area contributed by atoms with Crippen molar-refractivity contribution in [1.82, 2.24) is 0 Å². The minimum absolute atomic E-state index is 0. The Labute approximate surface area is 71.7 Å².